The quantitative estimate of drug-likeness (QED) is 0.753. The monoisotopic (exact) mass is 240 g/mol. The highest BCUT2D eigenvalue weighted by Gasteiger charge is 2.36. The van der Waals surface area contributed by atoms with Gasteiger partial charge >= 0.3 is 0 Å². The molecule has 0 spiro atoms. The first-order valence-electron chi connectivity index (χ1n) is 4.62. The molecule has 0 unspecified atom stereocenters. The molecular formula is C9H9ClN4O2. The molecule has 1 N–H and O–H groups in total. The number of likely N-dealkylation sites (N-methyl/N-ethyl adjacent to an activating group) is 1. The fourth-order valence-electron chi connectivity index (χ4n) is 1.45. The van der Waals surface area contributed by atoms with Gasteiger partial charge in [-0.1, -0.05) is 11.6 Å². The number of likely N-dealkylation sites (tertiary alicyclic amines) is 1. The van der Waals surface area contributed by atoms with Gasteiger partial charge in [0.25, 0.3) is 5.91 Å². The van der Waals surface area contributed by atoms with Crippen LogP contribution in [0.4, 0.5) is 5.82 Å². The van der Waals surface area contributed by atoms with Gasteiger partial charge in [0, 0.05) is 7.05 Å². The van der Waals surface area contributed by atoms with Crippen molar-refractivity contribution in [3.05, 3.63) is 17.5 Å². The Bertz CT molecular complexity index is 451. The maximum absolute atomic E-state index is 11.6. The normalized spacial score (nSPS) is 20.4. The summed E-state index contributed by atoms with van der Waals surface area (Å²) in [7, 11) is 1.45. The van der Waals surface area contributed by atoms with Crippen LogP contribution in [-0.4, -0.2) is 39.8 Å². The fourth-order valence-corrected chi connectivity index (χ4v) is 1.61. The molecule has 2 heterocycles. The predicted octanol–water partition coefficient (Wildman–Crippen LogP) is 0.299. The van der Waals surface area contributed by atoms with Gasteiger partial charge in [0.15, 0.2) is 0 Å². The van der Waals surface area contributed by atoms with Crippen molar-refractivity contribution in [3.8, 4) is 0 Å². The second-order valence-corrected chi connectivity index (χ2v) is 3.82. The largest absolute Gasteiger partial charge is 0.357 e. The van der Waals surface area contributed by atoms with Crippen LogP contribution in [0.2, 0.25) is 5.02 Å². The fraction of sp³-hybridized carbons (Fsp3) is 0.333. The number of amides is 2. The molecule has 2 amide bonds. The summed E-state index contributed by atoms with van der Waals surface area (Å²) in [5.41, 5.74) is 0. The zero-order valence-electron chi connectivity index (χ0n) is 8.48. The molecule has 0 saturated carbocycles. The molecule has 1 aromatic rings. The van der Waals surface area contributed by atoms with Crippen LogP contribution >= 0.6 is 11.6 Å². The van der Waals surface area contributed by atoms with Gasteiger partial charge in [-0.3, -0.25) is 14.5 Å². The highest BCUT2D eigenvalue weighted by molar-refractivity contribution is 6.32. The average molecular weight is 241 g/mol. The Balaban J connectivity index is 2.15. The summed E-state index contributed by atoms with van der Waals surface area (Å²) in [6.07, 6.45) is 2.86. The van der Waals surface area contributed by atoms with Gasteiger partial charge in [-0.2, -0.15) is 0 Å². The first-order valence-corrected chi connectivity index (χ1v) is 5.00. The molecule has 0 aliphatic carbocycles. The molecule has 6 nitrogen and oxygen atoms in total. The van der Waals surface area contributed by atoms with Crippen LogP contribution in [0.5, 0.6) is 0 Å². The predicted molar refractivity (Wildman–Crippen MR) is 56.8 cm³/mol. The van der Waals surface area contributed by atoms with Crippen LogP contribution in [0.3, 0.4) is 0 Å². The third kappa shape index (κ3) is 1.83. The van der Waals surface area contributed by atoms with Crippen LogP contribution in [0.15, 0.2) is 12.5 Å². The van der Waals surface area contributed by atoms with Crippen LogP contribution in [0.1, 0.15) is 6.42 Å². The lowest BCUT2D eigenvalue weighted by Gasteiger charge is -2.11. The summed E-state index contributed by atoms with van der Waals surface area (Å²) < 4.78 is 0. The SMILES string of the molecule is CN1C(=O)C[C@@H](Nc2ncncc2Cl)C1=O. The van der Waals surface area contributed by atoms with E-state index >= 15 is 0 Å². The molecule has 16 heavy (non-hydrogen) atoms. The second kappa shape index (κ2) is 4.05. The van der Waals surface area contributed by atoms with E-state index in [9.17, 15) is 9.59 Å². The molecule has 84 valence electrons. The minimum absolute atomic E-state index is 0.121. The van der Waals surface area contributed by atoms with Gasteiger partial charge in [0.2, 0.25) is 5.91 Å². The molecule has 1 aromatic heterocycles. The number of halogens is 1. The number of carbonyl (C=O) groups excluding carboxylic acids is 2. The summed E-state index contributed by atoms with van der Waals surface area (Å²) >= 11 is 5.83. The minimum Gasteiger partial charge on any atom is -0.357 e. The molecule has 7 heteroatoms. The number of carbonyl (C=O) groups is 2. The maximum Gasteiger partial charge on any atom is 0.251 e. The molecule has 0 bridgehead atoms. The summed E-state index contributed by atoms with van der Waals surface area (Å²) in [6, 6.07) is -0.593. The van der Waals surface area contributed by atoms with Crippen LogP contribution in [-0.2, 0) is 9.59 Å². The lowest BCUT2D eigenvalue weighted by Crippen LogP contribution is -2.32. The topological polar surface area (TPSA) is 75.2 Å². The molecule has 0 radical (unpaired) electrons. The molecule has 1 atom stereocenters. The van der Waals surface area contributed by atoms with E-state index in [0.717, 1.165) is 4.90 Å². The molecular weight excluding hydrogens is 232 g/mol. The summed E-state index contributed by atoms with van der Waals surface area (Å²) in [6.45, 7) is 0. The van der Waals surface area contributed by atoms with Gasteiger partial charge in [0.05, 0.1) is 12.6 Å². The van der Waals surface area contributed by atoms with Gasteiger partial charge in [-0.05, 0) is 0 Å². The number of nitrogens with zero attached hydrogens (tertiary/aromatic N) is 3. The second-order valence-electron chi connectivity index (χ2n) is 3.41. The Morgan fingerprint density at radius 2 is 2.31 bits per heavy atom. The first kappa shape index (κ1) is 10.8. The molecule has 1 saturated heterocycles. The lowest BCUT2D eigenvalue weighted by molar-refractivity contribution is -0.136. The molecule has 2 rings (SSSR count). The van der Waals surface area contributed by atoms with E-state index in [-0.39, 0.29) is 18.2 Å². The molecule has 0 aromatic carbocycles. The third-order valence-corrected chi connectivity index (χ3v) is 2.64. The smallest absolute Gasteiger partial charge is 0.251 e. The zero-order chi connectivity index (χ0) is 11.7. The van der Waals surface area contributed by atoms with Crippen molar-refractivity contribution in [1.82, 2.24) is 14.9 Å². The standard InChI is InChI=1S/C9H9ClN4O2/c1-14-7(15)2-6(9(14)16)13-8-5(10)3-11-4-12-8/h3-4,6H,2H2,1H3,(H,11,12,13)/t6-/m1/s1. The highest BCUT2D eigenvalue weighted by atomic mass is 35.5. The van der Waals surface area contributed by atoms with Gasteiger partial charge < -0.3 is 5.32 Å². The number of imide groups is 1. The average Bonchev–Trinajstić information content (AvgIpc) is 2.50. The number of nitrogens with one attached hydrogen (secondary N) is 1. The Hall–Kier alpha value is -1.69. The van der Waals surface area contributed by atoms with E-state index in [1.54, 1.807) is 0 Å². The van der Waals surface area contributed by atoms with E-state index in [4.69, 9.17) is 11.6 Å². The Labute approximate surface area is 96.6 Å². The van der Waals surface area contributed by atoms with E-state index in [1.165, 1.54) is 19.6 Å². The van der Waals surface area contributed by atoms with Crippen LogP contribution in [0.25, 0.3) is 0 Å². The van der Waals surface area contributed by atoms with Gasteiger partial charge in [0.1, 0.15) is 23.2 Å². The molecule has 1 aliphatic rings. The Kier molecular flexibility index (Phi) is 2.74. The van der Waals surface area contributed by atoms with Crippen molar-refractivity contribution in [2.45, 2.75) is 12.5 Å². The minimum atomic E-state index is -0.593. The van der Waals surface area contributed by atoms with Crippen molar-refractivity contribution in [2.75, 3.05) is 12.4 Å². The van der Waals surface area contributed by atoms with Gasteiger partial charge in [-0.15, -0.1) is 0 Å². The van der Waals surface area contributed by atoms with Crippen molar-refractivity contribution < 1.29 is 9.59 Å². The number of hydrogen-bond donors (Lipinski definition) is 1. The Morgan fingerprint density at radius 3 is 2.88 bits per heavy atom. The van der Waals surface area contributed by atoms with E-state index in [2.05, 4.69) is 15.3 Å². The zero-order valence-corrected chi connectivity index (χ0v) is 9.23. The maximum atomic E-state index is 11.6. The number of hydrogen-bond acceptors (Lipinski definition) is 5. The van der Waals surface area contributed by atoms with Crippen molar-refractivity contribution in [2.24, 2.45) is 0 Å². The summed E-state index contributed by atoms with van der Waals surface area (Å²) in [5, 5.41) is 3.14. The molecule has 1 aliphatic heterocycles. The Morgan fingerprint density at radius 1 is 1.56 bits per heavy atom. The van der Waals surface area contributed by atoms with Crippen molar-refractivity contribution >= 4 is 29.2 Å². The number of anilines is 1. The summed E-state index contributed by atoms with van der Waals surface area (Å²) in [4.78, 5) is 31.6. The highest BCUT2D eigenvalue weighted by Crippen LogP contribution is 2.21. The van der Waals surface area contributed by atoms with Gasteiger partial charge in [-0.25, -0.2) is 9.97 Å². The van der Waals surface area contributed by atoms with E-state index < -0.39 is 6.04 Å². The van der Waals surface area contributed by atoms with E-state index in [0.29, 0.717) is 10.8 Å². The lowest BCUT2D eigenvalue weighted by atomic mass is 10.2. The van der Waals surface area contributed by atoms with Crippen LogP contribution < -0.4 is 5.32 Å². The van der Waals surface area contributed by atoms with Crippen molar-refractivity contribution in [3.63, 3.8) is 0 Å². The van der Waals surface area contributed by atoms with E-state index in [1.807, 2.05) is 0 Å². The first-order chi connectivity index (χ1) is 7.59. The van der Waals surface area contributed by atoms with Crippen LogP contribution in [0, 0.1) is 0 Å². The number of rotatable bonds is 2. The number of aromatic nitrogens is 2. The third-order valence-electron chi connectivity index (χ3n) is 2.36. The van der Waals surface area contributed by atoms with Crippen molar-refractivity contribution in [1.29, 1.82) is 0 Å². The summed E-state index contributed by atoms with van der Waals surface area (Å²) in [5.74, 6) is -0.134. The molecule has 1 fully saturated rings.